The largest absolute Gasteiger partial charge is 0.294 e. The van der Waals surface area contributed by atoms with E-state index >= 15 is 0 Å². The minimum absolute atomic E-state index is 0.233. The average Bonchev–Trinajstić information content (AvgIpc) is 2.06. The van der Waals surface area contributed by atoms with Crippen LogP contribution in [0.4, 0.5) is 0 Å². The van der Waals surface area contributed by atoms with Crippen molar-refractivity contribution in [1.82, 2.24) is 10.4 Å². The van der Waals surface area contributed by atoms with E-state index in [1.807, 2.05) is 11.5 Å². The smallest absolute Gasteiger partial charge is 0.239 e. The Hall–Kier alpha value is -1.42. The summed E-state index contributed by atoms with van der Waals surface area (Å²) in [6.07, 6.45) is 1.87. The van der Waals surface area contributed by atoms with Crippen molar-refractivity contribution in [3.8, 4) is 0 Å². The standard InChI is InChI=1S/C7H9N3O/c8-10-7(11)5-6-3-1-2-4-9-6/h1-4H,5,8H2,(H,10,11). The van der Waals surface area contributed by atoms with Crippen molar-refractivity contribution in [1.29, 1.82) is 0 Å². The molecule has 4 heteroatoms. The number of hydrazine groups is 1. The van der Waals surface area contributed by atoms with Crippen molar-refractivity contribution in [3.63, 3.8) is 0 Å². The lowest BCUT2D eigenvalue weighted by molar-refractivity contribution is -0.120. The summed E-state index contributed by atoms with van der Waals surface area (Å²) in [5.74, 6) is 4.66. The summed E-state index contributed by atoms with van der Waals surface area (Å²) >= 11 is 0. The molecule has 1 rings (SSSR count). The van der Waals surface area contributed by atoms with Crippen LogP contribution in [0.2, 0.25) is 0 Å². The second kappa shape index (κ2) is 3.68. The first-order valence-corrected chi connectivity index (χ1v) is 3.22. The van der Waals surface area contributed by atoms with Gasteiger partial charge in [0.05, 0.1) is 6.42 Å². The fourth-order valence-electron chi connectivity index (χ4n) is 0.718. The first kappa shape index (κ1) is 7.68. The summed E-state index contributed by atoms with van der Waals surface area (Å²) in [6.45, 7) is 0. The number of amides is 1. The molecule has 0 radical (unpaired) electrons. The lowest BCUT2D eigenvalue weighted by atomic mass is 10.3. The molecule has 0 spiro atoms. The van der Waals surface area contributed by atoms with Gasteiger partial charge in [0, 0.05) is 11.9 Å². The molecule has 0 atom stereocenters. The lowest BCUT2D eigenvalue weighted by Crippen LogP contribution is -2.31. The van der Waals surface area contributed by atoms with Crippen LogP contribution in [0.1, 0.15) is 5.69 Å². The van der Waals surface area contributed by atoms with Crippen LogP contribution < -0.4 is 11.3 Å². The second-order valence-electron chi connectivity index (χ2n) is 2.07. The molecule has 11 heavy (non-hydrogen) atoms. The zero-order valence-electron chi connectivity index (χ0n) is 5.95. The Balaban J connectivity index is 2.58. The Bertz CT molecular complexity index is 235. The normalized spacial score (nSPS) is 9.18. The van der Waals surface area contributed by atoms with E-state index in [0.29, 0.717) is 0 Å². The Kier molecular flexibility index (Phi) is 2.57. The van der Waals surface area contributed by atoms with E-state index in [4.69, 9.17) is 5.84 Å². The number of nitrogens with one attached hydrogen (secondary N) is 1. The van der Waals surface area contributed by atoms with E-state index in [2.05, 4.69) is 4.98 Å². The number of nitrogens with two attached hydrogens (primary N) is 1. The van der Waals surface area contributed by atoms with Gasteiger partial charge in [0.1, 0.15) is 0 Å². The van der Waals surface area contributed by atoms with Crippen molar-refractivity contribution in [2.24, 2.45) is 5.84 Å². The Morgan fingerprint density at radius 2 is 2.45 bits per heavy atom. The summed E-state index contributed by atoms with van der Waals surface area (Å²) in [5.41, 5.74) is 2.75. The van der Waals surface area contributed by atoms with E-state index in [1.54, 1.807) is 18.3 Å². The predicted octanol–water partition coefficient (Wildman–Crippen LogP) is -0.386. The highest BCUT2D eigenvalue weighted by atomic mass is 16.2. The van der Waals surface area contributed by atoms with E-state index in [9.17, 15) is 4.79 Å². The van der Waals surface area contributed by atoms with Crippen molar-refractivity contribution in [2.75, 3.05) is 0 Å². The topological polar surface area (TPSA) is 68.0 Å². The van der Waals surface area contributed by atoms with Crippen LogP contribution >= 0.6 is 0 Å². The summed E-state index contributed by atoms with van der Waals surface area (Å²) in [7, 11) is 0. The average molecular weight is 151 g/mol. The molecule has 0 aromatic carbocycles. The molecule has 0 saturated heterocycles. The fourth-order valence-corrected chi connectivity index (χ4v) is 0.718. The van der Waals surface area contributed by atoms with Gasteiger partial charge in [0.25, 0.3) is 0 Å². The molecule has 58 valence electrons. The molecule has 0 bridgehead atoms. The second-order valence-corrected chi connectivity index (χ2v) is 2.07. The van der Waals surface area contributed by atoms with Gasteiger partial charge in [-0.1, -0.05) is 6.07 Å². The summed E-state index contributed by atoms with van der Waals surface area (Å²) in [4.78, 5) is 14.7. The zero-order valence-corrected chi connectivity index (χ0v) is 5.95. The van der Waals surface area contributed by atoms with Crippen LogP contribution in [0, 0.1) is 0 Å². The minimum atomic E-state index is -0.233. The molecule has 0 aliphatic rings. The molecular formula is C7H9N3O. The van der Waals surface area contributed by atoms with Gasteiger partial charge in [-0.3, -0.25) is 15.2 Å². The van der Waals surface area contributed by atoms with Crippen LogP contribution in [0.3, 0.4) is 0 Å². The number of hydrogen-bond acceptors (Lipinski definition) is 3. The number of aromatic nitrogens is 1. The first-order valence-electron chi connectivity index (χ1n) is 3.22. The fraction of sp³-hybridized carbons (Fsp3) is 0.143. The van der Waals surface area contributed by atoms with Gasteiger partial charge >= 0.3 is 0 Å². The lowest BCUT2D eigenvalue weighted by Gasteiger charge is -1.96. The highest BCUT2D eigenvalue weighted by Crippen LogP contribution is 1.93. The number of carbonyl (C=O) groups excluding carboxylic acids is 1. The molecule has 0 saturated carbocycles. The molecular weight excluding hydrogens is 142 g/mol. The number of carbonyl (C=O) groups is 1. The predicted molar refractivity (Wildman–Crippen MR) is 40.3 cm³/mol. The van der Waals surface area contributed by atoms with Crippen LogP contribution in [0.15, 0.2) is 24.4 Å². The van der Waals surface area contributed by atoms with Crippen LogP contribution in [0.25, 0.3) is 0 Å². The number of hydrogen-bond donors (Lipinski definition) is 2. The summed E-state index contributed by atoms with van der Waals surface area (Å²) in [5, 5.41) is 0. The van der Waals surface area contributed by atoms with E-state index in [1.165, 1.54) is 0 Å². The van der Waals surface area contributed by atoms with Crippen molar-refractivity contribution >= 4 is 5.91 Å². The molecule has 0 aliphatic heterocycles. The molecule has 0 fully saturated rings. The third-order valence-corrected chi connectivity index (χ3v) is 1.23. The SMILES string of the molecule is NNC(=O)Cc1ccccn1. The monoisotopic (exact) mass is 151 g/mol. The van der Waals surface area contributed by atoms with E-state index < -0.39 is 0 Å². The van der Waals surface area contributed by atoms with Crippen LogP contribution in [-0.4, -0.2) is 10.9 Å². The maximum absolute atomic E-state index is 10.7. The maximum atomic E-state index is 10.7. The molecule has 4 nitrogen and oxygen atoms in total. The van der Waals surface area contributed by atoms with Gasteiger partial charge in [0.2, 0.25) is 5.91 Å². The van der Waals surface area contributed by atoms with Crippen molar-refractivity contribution < 1.29 is 4.79 Å². The molecule has 1 aromatic rings. The third-order valence-electron chi connectivity index (χ3n) is 1.23. The molecule has 1 aromatic heterocycles. The Morgan fingerprint density at radius 3 is 3.00 bits per heavy atom. The number of rotatable bonds is 2. The van der Waals surface area contributed by atoms with Crippen LogP contribution in [-0.2, 0) is 11.2 Å². The highest BCUT2D eigenvalue weighted by Gasteiger charge is 1.99. The molecule has 1 heterocycles. The summed E-state index contributed by atoms with van der Waals surface area (Å²) < 4.78 is 0. The first-order chi connectivity index (χ1) is 5.33. The van der Waals surface area contributed by atoms with Gasteiger partial charge in [-0.2, -0.15) is 0 Å². The molecule has 0 unspecified atom stereocenters. The molecule has 0 aliphatic carbocycles. The molecule has 3 N–H and O–H groups in total. The van der Waals surface area contributed by atoms with E-state index in [-0.39, 0.29) is 12.3 Å². The van der Waals surface area contributed by atoms with Gasteiger partial charge < -0.3 is 0 Å². The minimum Gasteiger partial charge on any atom is -0.294 e. The third kappa shape index (κ3) is 2.35. The van der Waals surface area contributed by atoms with E-state index in [0.717, 1.165) is 5.69 Å². The Morgan fingerprint density at radius 1 is 1.64 bits per heavy atom. The Labute approximate surface area is 64.4 Å². The quantitative estimate of drug-likeness (QED) is 0.344. The maximum Gasteiger partial charge on any atom is 0.239 e. The number of pyridine rings is 1. The van der Waals surface area contributed by atoms with Gasteiger partial charge in [-0.15, -0.1) is 0 Å². The van der Waals surface area contributed by atoms with Crippen molar-refractivity contribution in [2.45, 2.75) is 6.42 Å². The summed E-state index contributed by atoms with van der Waals surface area (Å²) in [6, 6.07) is 5.39. The van der Waals surface area contributed by atoms with Crippen molar-refractivity contribution in [3.05, 3.63) is 30.1 Å². The van der Waals surface area contributed by atoms with Gasteiger partial charge in [-0.05, 0) is 12.1 Å². The molecule has 1 amide bonds. The van der Waals surface area contributed by atoms with Gasteiger partial charge in [0.15, 0.2) is 0 Å². The zero-order chi connectivity index (χ0) is 8.10. The number of nitrogens with zero attached hydrogens (tertiary/aromatic N) is 1. The van der Waals surface area contributed by atoms with Gasteiger partial charge in [-0.25, -0.2) is 5.84 Å². The van der Waals surface area contributed by atoms with Crippen LogP contribution in [0.5, 0.6) is 0 Å². The highest BCUT2D eigenvalue weighted by molar-refractivity contribution is 5.77.